The molecule has 0 radical (unpaired) electrons. The molecule has 2 N–H and O–H groups in total. The molecule has 1 rings (SSSR count). The summed E-state index contributed by atoms with van der Waals surface area (Å²) in [7, 11) is 0. The van der Waals surface area contributed by atoms with Gasteiger partial charge in [-0.1, -0.05) is 13.8 Å². The molecule has 1 aromatic rings. The number of carbonyl (C=O) groups is 2. The molecular formula is C11H15N3O2. The van der Waals surface area contributed by atoms with Gasteiger partial charge in [-0.2, -0.15) is 0 Å². The quantitative estimate of drug-likeness (QED) is 0.744. The average molecular weight is 221 g/mol. The Bertz CT molecular complexity index is 363. The Labute approximate surface area is 94.2 Å². The fourth-order valence-corrected chi connectivity index (χ4v) is 1.12. The summed E-state index contributed by atoms with van der Waals surface area (Å²) in [6.07, 6.45) is 3.42. The molecule has 16 heavy (non-hydrogen) atoms. The molecule has 0 fully saturated rings. The summed E-state index contributed by atoms with van der Waals surface area (Å²) in [5.74, 6) is -0.283. The van der Waals surface area contributed by atoms with Gasteiger partial charge in [-0.3, -0.25) is 25.4 Å². The van der Waals surface area contributed by atoms with Crippen molar-refractivity contribution in [2.45, 2.75) is 20.3 Å². The number of aromatic nitrogens is 1. The third kappa shape index (κ3) is 4.08. The summed E-state index contributed by atoms with van der Waals surface area (Å²) in [5, 5.41) is 0. The Morgan fingerprint density at radius 1 is 1.25 bits per heavy atom. The molecule has 0 aliphatic carbocycles. The van der Waals surface area contributed by atoms with Gasteiger partial charge in [0, 0.05) is 24.4 Å². The number of amides is 2. The minimum Gasteiger partial charge on any atom is -0.273 e. The first-order chi connectivity index (χ1) is 7.59. The summed E-state index contributed by atoms with van der Waals surface area (Å²) in [6, 6.07) is 3.15. The van der Waals surface area contributed by atoms with E-state index in [1.165, 1.54) is 12.4 Å². The number of nitrogens with one attached hydrogen (secondary N) is 2. The second-order valence-corrected chi connectivity index (χ2v) is 3.84. The summed E-state index contributed by atoms with van der Waals surface area (Å²) in [6.45, 7) is 3.87. The number of hydrogen-bond acceptors (Lipinski definition) is 3. The molecule has 0 saturated heterocycles. The van der Waals surface area contributed by atoms with Crippen LogP contribution >= 0.6 is 0 Å². The van der Waals surface area contributed by atoms with Gasteiger partial charge < -0.3 is 0 Å². The summed E-state index contributed by atoms with van der Waals surface area (Å²) >= 11 is 0. The zero-order valence-electron chi connectivity index (χ0n) is 9.36. The molecule has 5 heteroatoms. The van der Waals surface area contributed by atoms with Crippen molar-refractivity contribution in [3.63, 3.8) is 0 Å². The Morgan fingerprint density at radius 3 is 2.44 bits per heavy atom. The Balaban J connectivity index is 2.39. The van der Waals surface area contributed by atoms with Crippen LogP contribution in [-0.4, -0.2) is 16.8 Å². The highest BCUT2D eigenvalue weighted by atomic mass is 16.2. The third-order valence-corrected chi connectivity index (χ3v) is 1.85. The van der Waals surface area contributed by atoms with Gasteiger partial charge in [0.05, 0.1) is 0 Å². The fraction of sp³-hybridized carbons (Fsp3) is 0.364. The number of carbonyl (C=O) groups excluding carboxylic acids is 2. The molecule has 0 aliphatic heterocycles. The van der Waals surface area contributed by atoms with Crippen LogP contribution in [0.5, 0.6) is 0 Å². The first kappa shape index (κ1) is 12.2. The number of pyridine rings is 1. The highest BCUT2D eigenvalue weighted by Gasteiger charge is 2.07. The number of hydrazine groups is 1. The van der Waals surface area contributed by atoms with Crippen LogP contribution in [0.25, 0.3) is 0 Å². The van der Waals surface area contributed by atoms with Crippen LogP contribution in [0.4, 0.5) is 0 Å². The molecule has 0 unspecified atom stereocenters. The highest BCUT2D eigenvalue weighted by molar-refractivity contribution is 5.95. The third-order valence-electron chi connectivity index (χ3n) is 1.85. The molecule has 86 valence electrons. The SMILES string of the molecule is CC(C)CC(=O)NNC(=O)c1ccncc1. The van der Waals surface area contributed by atoms with Crippen molar-refractivity contribution in [3.05, 3.63) is 30.1 Å². The summed E-state index contributed by atoms with van der Waals surface area (Å²) in [5.41, 5.74) is 5.15. The lowest BCUT2D eigenvalue weighted by atomic mass is 10.1. The van der Waals surface area contributed by atoms with Crippen molar-refractivity contribution in [2.24, 2.45) is 5.92 Å². The van der Waals surface area contributed by atoms with Crippen molar-refractivity contribution in [1.29, 1.82) is 0 Å². The van der Waals surface area contributed by atoms with Gasteiger partial charge in [0.25, 0.3) is 5.91 Å². The van der Waals surface area contributed by atoms with Crippen molar-refractivity contribution in [2.75, 3.05) is 0 Å². The van der Waals surface area contributed by atoms with Crippen LogP contribution < -0.4 is 10.9 Å². The van der Waals surface area contributed by atoms with Gasteiger partial charge in [0.15, 0.2) is 0 Å². The lowest BCUT2D eigenvalue weighted by molar-refractivity contribution is -0.122. The Morgan fingerprint density at radius 2 is 1.88 bits per heavy atom. The second kappa shape index (κ2) is 5.85. The van der Waals surface area contributed by atoms with E-state index in [1.807, 2.05) is 13.8 Å². The molecule has 0 bridgehead atoms. The Kier molecular flexibility index (Phi) is 4.44. The maximum absolute atomic E-state index is 11.5. The maximum Gasteiger partial charge on any atom is 0.269 e. The topological polar surface area (TPSA) is 71.1 Å². The standard InChI is InChI=1S/C11H15N3O2/c1-8(2)7-10(15)13-14-11(16)9-3-5-12-6-4-9/h3-6,8H,7H2,1-2H3,(H,13,15)(H,14,16). The molecule has 0 aliphatic rings. The molecule has 0 atom stereocenters. The zero-order chi connectivity index (χ0) is 12.0. The lowest BCUT2D eigenvalue weighted by Gasteiger charge is -2.08. The van der Waals surface area contributed by atoms with E-state index in [1.54, 1.807) is 12.1 Å². The van der Waals surface area contributed by atoms with Crippen molar-refractivity contribution < 1.29 is 9.59 Å². The molecule has 1 heterocycles. The van der Waals surface area contributed by atoms with Gasteiger partial charge in [-0.15, -0.1) is 0 Å². The Hall–Kier alpha value is -1.91. The first-order valence-electron chi connectivity index (χ1n) is 5.09. The fourth-order valence-electron chi connectivity index (χ4n) is 1.12. The summed E-state index contributed by atoms with van der Waals surface area (Å²) < 4.78 is 0. The smallest absolute Gasteiger partial charge is 0.269 e. The largest absolute Gasteiger partial charge is 0.273 e. The molecule has 1 aromatic heterocycles. The predicted molar refractivity (Wildman–Crippen MR) is 59.3 cm³/mol. The van der Waals surface area contributed by atoms with Crippen LogP contribution in [-0.2, 0) is 4.79 Å². The van der Waals surface area contributed by atoms with E-state index < -0.39 is 0 Å². The van der Waals surface area contributed by atoms with E-state index in [9.17, 15) is 9.59 Å². The lowest BCUT2D eigenvalue weighted by Crippen LogP contribution is -2.41. The van der Waals surface area contributed by atoms with Crippen LogP contribution in [0.15, 0.2) is 24.5 Å². The molecule has 5 nitrogen and oxygen atoms in total. The maximum atomic E-state index is 11.5. The van der Waals surface area contributed by atoms with E-state index in [0.29, 0.717) is 12.0 Å². The van der Waals surface area contributed by atoms with E-state index in [0.717, 1.165) is 0 Å². The molecule has 0 aromatic carbocycles. The van der Waals surface area contributed by atoms with Gasteiger partial charge in [-0.05, 0) is 18.1 Å². The minimum absolute atomic E-state index is 0.197. The van der Waals surface area contributed by atoms with Crippen LogP contribution in [0, 0.1) is 5.92 Å². The van der Waals surface area contributed by atoms with E-state index in [4.69, 9.17) is 0 Å². The van der Waals surface area contributed by atoms with Crippen LogP contribution in [0.3, 0.4) is 0 Å². The normalized spacial score (nSPS) is 9.94. The van der Waals surface area contributed by atoms with E-state index >= 15 is 0 Å². The molecule has 2 amide bonds. The van der Waals surface area contributed by atoms with Gasteiger partial charge >= 0.3 is 0 Å². The minimum atomic E-state index is -0.348. The van der Waals surface area contributed by atoms with Crippen molar-refractivity contribution >= 4 is 11.8 Å². The zero-order valence-corrected chi connectivity index (χ0v) is 9.36. The van der Waals surface area contributed by atoms with E-state index in [-0.39, 0.29) is 17.7 Å². The van der Waals surface area contributed by atoms with Crippen LogP contribution in [0.1, 0.15) is 30.6 Å². The number of nitrogens with zero attached hydrogens (tertiary/aromatic N) is 1. The van der Waals surface area contributed by atoms with Gasteiger partial charge in [0.1, 0.15) is 0 Å². The van der Waals surface area contributed by atoms with Crippen LogP contribution in [0.2, 0.25) is 0 Å². The second-order valence-electron chi connectivity index (χ2n) is 3.84. The van der Waals surface area contributed by atoms with Gasteiger partial charge in [0.2, 0.25) is 5.91 Å². The van der Waals surface area contributed by atoms with Gasteiger partial charge in [-0.25, -0.2) is 0 Å². The first-order valence-corrected chi connectivity index (χ1v) is 5.09. The summed E-state index contributed by atoms with van der Waals surface area (Å²) in [4.78, 5) is 26.5. The predicted octanol–water partition coefficient (Wildman–Crippen LogP) is 0.889. The van der Waals surface area contributed by atoms with Crippen molar-refractivity contribution in [1.82, 2.24) is 15.8 Å². The monoisotopic (exact) mass is 221 g/mol. The number of hydrogen-bond donors (Lipinski definition) is 2. The average Bonchev–Trinajstić information content (AvgIpc) is 2.26. The van der Waals surface area contributed by atoms with Crippen molar-refractivity contribution in [3.8, 4) is 0 Å². The molecule has 0 spiro atoms. The number of rotatable bonds is 3. The highest BCUT2D eigenvalue weighted by Crippen LogP contribution is 1.98. The molecule has 0 saturated carbocycles. The molecular weight excluding hydrogens is 206 g/mol. The van der Waals surface area contributed by atoms with E-state index in [2.05, 4.69) is 15.8 Å².